The van der Waals surface area contributed by atoms with E-state index >= 15 is 0 Å². The topological polar surface area (TPSA) is 115 Å². The molecule has 0 spiro atoms. The van der Waals surface area contributed by atoms with Crippen molar-refractivity contribution in [1.29, 1.82) is 5.26 Å². The van der Waals surface area contributed by atoms with Gasteiger partial charge < -0.3 is 15.3 Å². The number of nitriles is 1. The first-order chi connectivity index (χ1) is 15.7. The van der Waals surface area contributed by atoms with Gasteiger partial charge in [-0.15, -0.1) is 0 Å². The number of aliphatic hydroxyl groups is 1. The predicted molar refractivity (Wildman–Crippen MR) is 117 cm³/mol. The van der Waals surface area contributed by atoms with Crippen LogP contribution in [-0.4, -0.2) is 44.7 Å². The third-order valence-corrected chi connectivity index (χ3v) is 5.27. The van der Waals surface area contributed by atoms with Crippen LogP contribution in [0.15, 0.2) is 42.9 Å². The summed E-state index contributed by atoms with van der Waals surface area (Å²) in [7, 11) is 0. The Kier molecular flexibility index (Phi) is 5.74. The van der Waals surface area contributed by atoms with E-state index in [1.807, 2.05) is 4.90 Å². The van der Waals surface area contributed by atoms with Crippen molar-refractivity contribution in [3.63, 3.8) is 0 Å². The van der Waals surface area contributed by atoms with Gasteiger partial charge in [0.25, 0.3) is 12.3 Å². The normalized spacial score (nSPS) is 14.5. The summed E-state index contributed by atoms with van der Waals surface area (Å²) < 4.78 is 25.8. The molecule has 4 rings (SSSR count). The minimum atomic E-state index is -2.78. The molecule has 8 nitrogen and oxygen atoms in total. The van der Waals surface area contributed by atoms with Gasteiger partial charge in [-0.25, -0.2) is 13.8 Å². The molecule has 10 heteroatoms. The summed E-state index contributed by atoms with van der Waals surface area (Å²) in [6.07, 6.45) is 1.44. The number of pyridine rings is 3. The summed E-state index contributed by atoms with van der Waals surface area (Å²) >= 11 is 0. The van der Waals surface area contributed by atoms with Crippen molar-refractivity contribution < 1.29 is 18.7 Å². The Hall–Kier alpha value is -3.97. The molecule has 0 atom stereocenters. The average molecular weight is 450 g/mol. The highest BCUT2D eigenvalue weighted by Gasteiger charge is 2.38. The fourth-order valence-corrected chi connectivity index (χ4v) is 3.67. The van der Waals surface area contributed by atoms with E-state index in [1.165, 1.54) is 12.3 Å². The second-order valence-corrected chi connectivity index (χ2v) is 8.14. The van der Waals surface area contributed by atoms with Gasteiger partial charge in [-0.3, -0.25) is 14.8 Å². The molecule has 1 amide bonds. The van der Waals surface area contributed by atoms with Crippen molar-refractivity contribution >= 4 is 17.4 Å². The van der Waals surface area contributed by atoms with Gasteiger partial charge in [-0.1, -0.05) is 0 Å². The largest absolute Gasteiger partial charge is 0.386 e. The summed E-state index contributed by atoms with van der Waals surface area (Å²) in [5, 5.41) is 22.2. The van der Waals surface area contributed by atoms with Gasteiger partial charge in [0.05, 0.1) is 23.0 Å². The van der Waals surface area contributed by atoms with Crippen LogP contribution < -0.4 is 10.2 Å². The molecule has 0 aromatic carbocycles. The number of rotatable bonds is 5. The highest BCUT2D eigenvalue weighted by Crippen LogP contribution is 2.32. The molecular weight excluding hydrogens is 430 g/mol. The molecule has 4 heterocycles. The van der Waals surface area contributed by atoms with Gasteiger partial charge in [0.2, 0.25) is 0 Å². The molecule has 0 bridgehead atoms. The van der Waals surface area contributed by atoms with E-state index in [2.05, 4.69) is 26.3 Å². The summed E-state index contributed by atoms with van der Waals surface area (Å²) in [6.45, 7) is 4.28. The summed E-state index contributed by atoms with van der Waals surface area (Å²) in [6, 6.07) is 7.89. The fraction of sp³-hybridized carbons (Fsp3) is 0.261. The molecule has 1 aliphatic rings. The number of anilines is 2. The molecule has 1 saturated heterocycles. The molecule has 1 aliphatic heterocycles. The molecule has 0 saturated carbocycles. The molecule has 33 heavy (non-hydrogen) atoms. The van der Waals surface area contributed by atoms with Crippen molar-refractivity contribution in [3.05, 3.63) is 65.4 Å². The number of alkyl halides is 2. The minimum absolute atomic E-state index is 0.0469. The molecule has 0 radical (unpaired) electrons. The molecule has 1 fully saturated rings. The third kappa shape index (κ3) is 4.63. The predicted octanol–water partition coefficient (Wildman–Crippen LogP) is 3.48. The number of β-amino-alcohol motifs (C(OH)–C–C–N with tert-alkyl or cyclic N) is 1. The van der Waals surface area contributed by atoms with E-state index in [-0.39, 0.29) is 5.56 Å². The number of aryl methyl sites for hydroxylation is 1. The van der Waals surface area contributed by atoms with Crippen molar-refractivity contribution in [3.8, 4) is 17.2 Å². The molecule has 2 N–H and O–H groups in total. The average Bonchev–Trinajstić information content (AvgIpc) is 2.78. The zero-order valence-electron chi connectivity index (χ0n) is 17.9. The van der Waals surface area contributed by atoms with E-state index in [9.17, 15) is 23.9 Å². The Morgan fingerprint density at radius 3 is 2.67 bits per heavy atom. The van der Waals surface area contributed by atoms with Crippen LogP contribution in [0.3, 0.4) is 0 Å². The number of hydrogen-bond acceptors (Lipinski definition) is 7. The van der Waals surface area contributed by atoms with Gasteiger partial charge in [0, 0.05) is 47.9 Å². The minimum Gasteiger partial charge on any atom is -0.386 e. The maximum Gasteiger partial charge on any atom is 0.280 e. The summed E-state index contributed by atoms with van der Waals surface area (Å²) in [5.41, 5.74) is 1.42. The first kappa shape index (κ1) is 22.2. The van der Waals surface area contributed by atoms with Crippen LogP contribution in [0.1, 0.15) is 40.7 Å². The lowest BCUT2D eigenvalue weighted by Gasteiger charge is -2.45. The smallest absolute Gasteiger partial charge is 0.280 e. The van der Waals surface area contributed by atoms with Crippen molar-refractivity contribution in [2.75, 3.05) is 23.3 Å². The highest BCUT2D eigenvalue weighted by atomic mass is 19.3. The van der Waals surface area contributed by atoms with E-state index in [1.54, 1.807) is 32.2 Å². The quantitative estimate of drug-likeness (QED) is 0.612. The van der Waals surface area contributed by atoms with Crippen LogP contribution in [-0.2, 0) is 0 Å². The van der Waals surface area contributed by atoms with Crippen LogP contribution >= 0.6 is 0 Å². The van der Waals surface area contributed by atoms with Gasteiger partial charge in [-0.05, 0) is 38.1 Å². The summed E-state index contributed by atoms with van der Waals surface area (Å²) in [5.74, 6) is -0.0812. The van der Waals surface area contributed by atoms with Crippen molar-refractivity contribution in [2.24, 2.45) is 0 Å². The Morgan fingerprint density at radius 1 is 1.24 bits per heavy atom. The van der Waals surface area contributed by atoms with Gasteiger partial charge >= 0.3 is 0 Å². The Labute approximate surface area is 188 Å². The Morgan fingerprint density at radius 2 is 2.00 bits per heavy atom. The van der Waals surface area contributed by atoms with E-state index < -0.39 is 23.6 Å². The molecule has 168 valence electrons. The number of halogens is 2. The van der Waals surface area contributed by atoms with Crippen molar-refractivity contribution in [2.45, 2.75) is 25.9 Å². The van der Waals surface area contributed by atoms with Gasteiger partial charge in [0.1, 0.15) is 17.6 Å². The van der Waals surface area contributed by atoms with Gasteiger partial charge in [0.15, 0.2) is 0 Å². The number of amides is 1. The fourth-order valence-electron chi connectivity index (χ4n) is 3.67. The van der Waals surface area contributed by atoms with Gasteiger partial charge in [-0.2, -0.15) is 5.26 Å². The zero-order chi connectivity index (χ0) is 23.8. The first-order valence-electron chi connectivity index (χ1n) is 10.1. The number of carbonyl (C=O) groups is 1. The first-order valence-corrected chi connectivity index (χ1v) is 10.1. The highest BCUT2D eigenvalue weighted by molar-refractivity contribution is 6.04. The SMILES string of the molecule is Cc1ncc(NC(=O)c2ccnc(C(F)F)c2)cc1-c1cnc(N2CC(C)(O)C2)c(C#N)c1. The van der Waals surface area contributed by atoms with Crippen LogP contribution in [0.2, 0.25) is 0 Å². The molecular formula is C23H20F2N6O2. The standard InChI is InChI=1S/C23H20F2N6O2/c1-13-18(16-5-15(8-26)21(29-9-16)31-11-23(2,33)12-31)7-17(10-28-13)30-22(32)14-3-4-27-19(6-14)20(24)25/h3-7,9-10,20,33H,11-12H2,1-2H3,(H,30,32). The monoisotopic (exact) mass is 450 g/mol. The Bertz CT molecular complexity index is 1260. The number of hydrogen-bond donors (Lipinski definition) is 2. The lowest BCUT2D eigenvalue weighted by Crippen LogP contribution is -2.60. The number of nitrogens with one attached hydrogen (secondary N) is 1. The summed E-state index contributed by atoms with van der Waals surface area (Å²) in [4.78, 5) is 26.6. The molecule has 3 aromatic rings. The van der Waals surface area contributed by atoms with E-state index in [0.29, 0.717) is 47.0 Å². The maximum absolute atomic E-state index is 12.9. The van der Waals surface area contributed by atoms with Crippen LogP contribution in [0.4, 0.5) is 20.3 Å². The van der Waals surface area contributed by atoms with E-state index in [4.69, 9.17) is 0 Å². The van der Waals surface area contributed by atoms with E-state index in [0.717, 1.165) is 12.3 Å². The lowest BCUT2D eigenvalue weighted by molar-refractivity contribution is 0.0305. The Balaban J connectivity index is 1.59. The second-order valence-electron chi connectivity index (χ2n) is 8.14. The number of aromatic nitrogens is 3. The number of nitrogens with zero attached hydrogens (tertiary/aromatic N) is 5. The van der Waals surface area contributed by atoms with Crippen LogP contribution in [0.25, 0.3) is 11.1 Å². The number of carbonyl (C=O) groups excluding carboxylic acids is 1. The lowest BCUT2D eigenvalue weighted by atomic mass is 9.96. The zero-order valence-corrected chi connectivity index (χ0v) is 17.9. The second kappa shape index (κ2) is 8.52. The molecule has 0 aliphatic carbocycles. The maximum atomic E-state index is 12.9. The van der Waals surface area contributed by atoms with Crippen molar-refractivity contribution in [1.82, 2.24) is 15.0 Å². The van der Waals surface area contributed by atoms with Crippen LogP contribution in [0.5, 0.6) is 0 Å². The third-order valence-electron chi connectivity index (χ3n) is 5.27. The molecule has 0 unspecified atom stereocenters. The molecule has 3 aromatic heterocycles. The van der Waals surface area contributed by atoms with Crippen LogP contribution in [0, 0.1) is 18.3 Å².